The van der Waals surface area contributed by atoms with E-state index in [9.17, 15) is 8.42 Å². The molecular formula is C7H19NO4S. The van der Waals surface area contributed by atoms with Crippen molar-refractivity contribution in [2.24, 2.45) is 0 Å². The first-order valence-corrected chi connectivity index (χ1v) is 5.30. The summed E-state index contributed by atoms with van der Waals surface area (Å²) in [6.07, 6.45) is 0.835. The molecule has 0 atom stereocenters. The summed E-state index contributed by atoms with van der Waals surface area (Å²) in [5.41, 5.74) is 0. The number of hydrogen-bond acceptors (Lipinski definition) is 4. The van der Waals surface area contributed by atoms with Crippen LogP contribution in [0.15, 0.2) is 0 Å². The topological polar surface area (TPSA) is 98.6 Å². The van der Waals surface area contributed by atoms with Crippen molar-refractivity contribution in [3.8, 4) is 0 Å². The van der Waals surface area contributed by atoms with Crippen LogP contribution in [0, 0.1) is 0 Å². The van der Waals surface area contributed by atoms with Crippen LogP contribution in [0.2, 0.25) is 0 Å². The van der Waals surface area contributed by atoms with Gasteiger partial charge in [0.2, 0.25) is 0 Å². The monoisotopic (exact) mass is 213 g/mol. The molecule has 0 unspecified atom stereocenters. The highest BCUT2D eigenvalue weighted by Gasteiger charge is 2.32. The van der Waals surface area contributed by atoms with Gasteiger partial charge in [-0.25, -0.2) is 0 Å². The summed E-state index contributed by atoms with van der Waals surface area (Å²) >= 11 is 0. The lowest BCUT2D eigenvalue weighted by atomic mass is 10.2. The Bertz CT molecular complexity index is 223. The Morgan fingerprint density at radius 3 is 2.15 bits per heavy atom. The molecule has 0 radical (unpaired) electrons. The van der Waals surface area contributed by atoms with E-state index in [1.165, 1.54) is 13.8 Å². The van der Waals surface area contributed by atoms with Crippen LogP contribution in [-0.2, 0) is 14.9 Å². The predicted molar refractivity (Wildman–Crippen MR) is 51.8 cm³/mol. The molecule has 0 amide bonds. The molecule has 0 aromatic carbocycles. The van der Waals surface area contributed by atoms with Gasteiger partial charge in [-0.1, -0.05) is 6.92 Å². The van der Waals surface area contributed by atoms with E-state index in [0.29, 0.717) is 6.61 Å². The molecule has 5 nitrogen and oxygen atoms in total. The number of rotatable bonds is 5. The lowest BCUT2D eigenvalue weighted by molar-refractivity contribution is 0.115. The molecule has 0 heterocycles. The molecule has 0 saturated carbocycles. The van der Waals surface area contributed by atoms with E-state index in [0.717, 1.165) is 6.42 Å². The standard InChI is InChI=1S/C7H16O4S.H3N/c1-4-5-11-6-7(2,3)12(8,9)10;/h4-6H2,1-3H3,(H,8,9,10);1H3. The molecule has 0 spiro atoms. The molecule has 0 aliphatic heterocycles. The molecule has 0 rings (SSSR count). The van der Waals surface area contributed by atoms with E-state index in [1.54, 1.807) is 0 Å². The number of ether oxygens (including phenoxy) is 1. The number of hydrogen-bond donors (Lipinski definition) is 2. The van der Waals surface area contributed by atoms with Gasteiger partial charge in [0, 0.05) is 6.61 Å². The quantitative estimate of drug-likeness (QED) is 0.529. The molecule has 0 saturated heterocycles. The maximum absolute atomic E-state index is 10.7. The first kappa shape index (κ1) is 15.3. The summed E-state index contributed by atoms with van der Waals surface area (Å²) in [7, 11) is -4.01. The smallest absolute Gasteiger partial charge is 0.272 e. The van der Waals surface area contributed by atoms with Gasteiger partial charge in [-0.15, -0.1) is 0 Å². The van der Waals surface area contributed by atoms with E-state index >= 15 is 0 Å². The van der Waals surface area contributed by atoms with Crippen LogP contribution in [0.5, 0.6) is 0 Å². The van der Waals surface area contributed by atoms with Crippen LogP contribution in [0.25, 0.3) is 0 Å². The van der Waals surface area contributed by atoms with Crippen LogP contribution in [0.4, 0.5) is 0 Å². The Kier molecular flexibility index (Phi) is 6.52. The highest BCUT2D eigenvalue weighted by atomic mass is 32.2. The second-order valence-electron chi connectivity index (χ2n) is 3.29. The molecule has 0 aliphatic rings. The van der Waals surface area contributed by atoms with Crippen molar-refractivity contribution in [1.82, 2.24) is 6.15 Å². The van der Waals surface area contributed by atoms with Gasteiger partial charge in [0.25, 0.3) is 10.1 Å². The van der Waals surface area contributed by atoms with Crippen molar-refractivity contribution < 1.29 is 17.7 Å². The minimum absolute atomic E-state index is 0. The normalized spacial score (nSPS) is 12.3. The zero-order chi connectivity index (χ0) is 9.83. The second-order valence-corrected chi connectivity index (χ2v) is 5.34. The minimum Gasteiger partial charge on any atom is -0.380 e. The van der Waals surface area contributed by atoms with Gasteiger partial charge in [0.15, 0.2) is 0 Å². The fourth-order valence-electron chi connectivity index (χ4n) is 0.537. The van der Waals surface area contributed by atoms with Gasteiger partial charge in [-0.05, 0) is 20.3 Å². The Balaban J connectivity index is 0. The zero-order valence-corrected chi connectivity index (χ0v) is 9.23. The Morgan fingerprint density at radius 1 is 1.38 bits per heavy atom. The molecule has 4 N–H and O–H groups in total. The van der Waals surface area contributed by atoms with Gasteiger partial charge in [0.1, 0.15) is 4.75 Å². The average molecular weight is 213 g/mol. The Morgan fingerprint density at radius 2 is 1.85 bits per heavy atom. The van der Waals surface area contributed by atoms with Crippen molar-refractivity contribution in [1.29, 1.82) is 0 Å². The predicted octanol–water partition coefficient (Wildman–Crippen LogP) is 1.24. The maximum Gasteiger partial charge on any atom is 0.272 e. The summed E-state index contributed by atoms with van der Waals surface area (Å²) in [5, 5.41) is 0. The van der Waals surface area contributed by atoms with Crippen LogP contribution in [-0.4, -0.2) is 30.9 Å². The van der Waals surface area contributed by atoms with Crippen LogP contribution in [0.1, 0.15) is 27.2 Å². The zero-order valence-electron chi connectivity index (χ0n) is 8.41. The Labute approximate surface area is 79.8 Å². The summed E-state index contributed by atoms with van der Waals surface area (Å²) < 4.78 is 34.0. The molecule has 0 bridgehead atoms. The van der Waals surface area contributed by atoms with E-state index in [4.69, 9.17) is 9.29 Å². The van der Waals surface area contributed by atoms with Crippen molar-refractivity contribution in [3.05, 3.63) is 0 Å². The Hall–Kier alpha value is -0.170. The highest BCUT2D eigenvalue weighted by molar-refractivity contribution is 7.87. The third-order valence-corrected chi connectivity index (χ3v) is 3.01. The summed E-state index contributed by atoms with van der Waals surface area (Å²) in [5.74, 6) is 0. The van der Waals surface area contributed by atoms with E-state index in [-0.39, 0.29) is 12.8 Å². The molecule has 82 valence electrons. The molecule has 0 aliphatic carbocycles. The van der Waals surface area contributed by atoms with Gasteiger partial charge in [-0.3, -0.25) is 4.55 Å². The van der Waals surface area contributed by atoms with Crippen molar-refractivity contribution in [2.45, 2.75) is 31.9 Å². The fraction of sp³-hybridized carbons (Fsp3) is 1.00. The molecule has 0 aromatic heterocycles. The molecular weight excluding hydrogens is 194 g/mol. The van der Waals surface area contributed by atoms with E-state index < -0.39 is 14.9 Å². The summed E-state index contributed by atoms with van der Waals surface area (Å²) in [4.78, 5) is 0. The van der Waals surface area contributed by atoms with Gasteiger partial charge >= 0.3 is 0 Å². The SMILES string of the molecule is CCCOCC(C)(C)S(=O)(=O)O.N. The highest BCUT2D eigenvalue weighted by Crippen LogP contribution is 2.14. The lowest BCUT2D eigenvalue weighted by Crippen LogP contribution is -2.36. The van der Waals surface area contributed by atoms with Crippen molar-refractivity contribution in [2.75, 3.05) is 13.2 Å². The van der Waals surface area contributed by atoms with E-state index in [2.05, 4.69) is 0 Å². The third kappa shape index (κ3) is 5.20. The lowest BCUT2D eigenvalue weighted by Gasteiger charge is -2.20. The second kappa shape index (κ2) is 5.54. The molecule has 13 heavy (non-hydrogen) atoms. The molecule has 0 fully saturated rings. The minimum atomic E-state index is -4.01. The van der Waals surface area contributed by atoms with Gasteiger partial charge in [0.05, 0.1) is 6.61 Å². The summed E-state index contributed by atoms with van der Waals surface area (Å²) in [6, 6.07) is 0. The summed E-state index contributed by atoms with van der Waals surface area (Å²) in [6.45, 7) is 5.33. The first-order chi connectivity index (χ1) is 5.31. The third-order valence-electron chi connectivity index (χ3n) is 1.50. The maximum atomic E-state index is 10.7. The largest absolute Gasteiger partial charge is 0.380 e. The molecule has 0 aromatic rings. The van der Waals surface area contributed by atoms with Crippen LogP contribution < -0.4 is 6.15 Å². The fourth-order valence-corrected chi connectivity index (χ4v) is 0.769. The van der Waals surface area contributed by atoms with Gasteiger partial charge in [-0.2, -0.15) is 8.42 Å². The van der Waals surface area contributed by atoms with Gasteiger partial charge < -0.3 is 10.9 Å². The first-order valence-electron chi connectivity index (χ1n) is 3.86. The average Bonchev–Trinajstić information content (AvgIpc) is 1.85. The van der Waals surface area contributed by atoms with Crippen molar-refractivity contribution in [3.63, 3.8) is 0 Å². The molecule has 6 heteroatoms. The van der Waals surface area contributed by atoms with Crippen molar-refractivity contribution >= 4 is 10.1 Å². The van der Waals surface area contributed by atoms with Crippen LogP contribution >= 0.6 is 0 Å². The van der Waals surface area contributed by atoms with Crippen LogP contribution in [0.3, 0.4) is 0 Å². The van der Waals surface area contributed by atoms with E-state index in [1.807, 2.05) is 6.92 Å².